The minimum absolute atomic E-state index is 0.0374. The largest absolute Gasteiger partial charge is 0.421 e. The fraction of sp³-hybridized carbons (Fsp3) is 0. The van der Waals surface area contributed by atoms with Crippen molar-refractivity contribution in [2.75, 3.05) is 0 Å². The van der Waals surface area contributed by atoms with Crippen molar-refractivity contribution in [3.63, 3.8) is 0 Å². The summed E-state index contributed by atoms with van der Waals surface area (Å²) >= 11 is 11.6. The van der Waals surface area contributed by atoms with E-state index in [2.05, 4.69) is 0 Å². The van der Waals surface area contributed by atoms with E-state index in [0.29, 0.717) is 11.1 Å². The van der Waals surface area contributed by atoms with Crippen molar-refractivity contribution in [2.24, 2.45) is 0 Å². The maximum absolute atomic E-state index is 12.1. The van der Waals surface area contributed by atoms with Crippen LogP contribution in [0, 0.1) is 20.2 Å². The van der Waals surface area contributed by atoms with E-state index in [4.69, 9.17) is 27.9 Å². The topological polar surface area (TPSA) is 113 Å². The minimum Gasteiger partial charge on any atom is -0.421 e. The lowest BCUT2D eigenvalue weighted by Crippen LogP contribution is -2.11. The van der Waals surface area contributed by atoms with Crippen molar-refractivity contribution in [3.05, 3.63) is 72.2 Å². The normalized spacial score (nSPS) is 10.2. The van der Waals surface area contributed by atoms with Crippen LogP contribution in [0.4, 0.5) is 11.4 Å². The third kappa shape index (κ3) is 3.74. The van der Waals surface area contributed by atoms with E-state index in [-0.39, 0.29) is 10.8 Å². The molecule has 0 unspecified atom stereocenters. The monoisotopic (exact) mass is 356 g/mol. The first-order valence-corrected chi connectivity index (χ1v) is 6.65. The van der Waals surface area contributed by atoms with Crippen LogP contribution in [-0.2, 0) is 0 Å². The molecule has 0 bridgehead atoms. The summed E-state index contributed by atoms with van der Waals surface area (Å²) < 4.78 is 4.97. The fourth-order valence-corrected chi connectivity index (χ4v) is 2.12. The van der Waals surface area contributed by atoms with Crippen molar-refractivity contribution >= 4 is 40.5 Å². The number of carbonyl (C=O) groups excluding carboxylic acids is 1. The van der Waals surface area contributed by atoms with E-state index in [0.717, 1.165) is 12.1 Å². The lowest BCUT2D eigenvalue weighted by molar-refractivity contribution is -0.394. The smallest absolute Gasteiger partial charge is 0.350 e. The summed E-state index contributed by atoms with van der Waals surface area (Å²) in [6.45, 7) is 0. The first kappa shape index (κ1) is 16.7. The summed E-state index contributed by atoms with van der Waals surface area (Å²) in [5, 5.41) is 22.0. The molecule has 118 valence electrons. The molecular weight excluding hydrogens is 351 g/mol. The number of hydrogen-bond donors (Lipinski definition) is 0. The van der Waals surface area contributed by atoms with E-state index < -0.39 is 32.8 Å². The first-order valence-electron chi connectivity index (χ1n) is 5.89. The fourth-order valence-electron chi connectivity index (χ4n) is 1.67. The first-order chi connectivity index (χ1) is 10.8. The molecule has 0 aliphatic carbocycles. The summed E-state index contributed by atoms with van der Waals surface area (Å²) in [5.41, 5.74) is -1.70. The van der Waals surface area contributed by atoms with E-state index >= 15 is 0 Å². The number of nitro benzene ring substituents is 2. The molecular formula is C13H6Cl2N2O6. The third-order valence-electron chi connectivity index (χ3n) is 2.71. The Morgan fingerprint density at radius 2 is 1.70 bits per heavy atom. The molecule has 0 saturated heterocycles. The highest BCUT2D eigenvalue weighted by Gasteiger charge is 2.26. The number of esters is 1. The van der Waals surface area contributed by atoms with Crippen molar-refractivity contribution in [2.45, 2.75) is 0 Å². The highest BCUT2D eigenvalue weighted by atomic mass is 35.5. The predicted octanol–water partition coefficient (Wildman–Crippen LogP) is 4.03. The summed E-state index contributed by atoms with van der Waals surface area (Å²) in [5.74, 6) is -1.12. The van der Waals surface area contributed by atoms with Gasteiger partial charge < -0.3 is 4.74 Å². The van der Waals surface area contributed by atoms with Gasteiger partial charge in [0.2, 0.25) is 0 Å². The molecule has 0 atom stereocenters. The van der Waals surface area contributed by atoms with E-state index in [1.807, 2.05) is 0 Å². The molecule has 2 aromatic carbocycles. The van der Waals surface area contributed by atoms with Gasteiger partial charge in [-0.2, -0.15) is 0 Å². The average molecular weight is 357 g/mol. The molecule has 8 nitrogen and oxygen atoms in total. The Hall–Kier alpha value is -2.71. The van der Waals surface area contributed by atoms with Gasteiger partial charge >= 0.3 is 5.97 Å². The molecule has 0 saturated carbocycles. The van der Waals surface area contributed by atoms with Crippen LogP contribution in [0.15, 0.2) is 36.4 Å². The summed E-state index contributed by atoms with van der Waals surface area (Å²) in [6, 6.07) is 6.66. The second-order valence-corrected chi connectivity index (χ2v) is 5.02. The number of carbonyl (C=O) groups is 1. The average Bonchev–Trinajstić information content (AvgIpc) is 2.49. The molecule has 0 amide bonds. The van der Waals surface area contributed by atoms with Crippen LogP contribution in [0.3, 0.4) is 0 Å². The van der Waals surface area contributed by atoms with Gasteiger partial charge in [0.05, 0.1) is 20.9 Å². The van der Waals surface area contributed by atoms with Crippen molar-refractivity contribution in [3.8, 4) is 5.75 Å². The van der Waals surface area contributed by atoms with Gasteiger partial charge in [-0.1, -0.05) is 23.2 Å². The number of ether oxygens (including phenoxy) is 1. The highest BCUT2D eigenvalue weighted by molar-refractivity contribution is 6.35. The zero-order valence-electron chi connectivity index (χ0n) is 11.1. The Kier molecular flexibility index (Phi) is 4.77. The van der Waals surface area contributed by atoms with Gasteiger partial charge in [-0.15, -0.1) is 0 Å². The molecule has 10 heteroatoms. The molecule has 0 radical (unpaired) electrons. The number of nitrogens with zero attached hydrogens (tertiary/aromatic N) is 2. The summed E-state index contributed by atoms with van der Waals surface area (Å²) in [6.07, 6.45) is 0. The molecule has 2 aromatic rings. The molecule has 0 aliphatic heterocycles. The van der Waals surface area contributed by atoms with Crippen molar-refractivity contribution in [1.82, 2.24) is 0 Å². The molecule has 0 heterocycles. The Morgan fingerprint density at radius 1 is 1.00 bits per heavy atom. The maximum Gasteiger partial charge on any atom is 0.350 e. The predicted molar refractivity (Wildman–Crippen MR) is 81.2 cm³/mol. The van der Waals surface area contributed by atoms with Gasteiger partial charge in [0, 0.05) is 11.1 Å². The zero-order valence-corrected chi connectivity index (χ0v) is 12.6. The van der Waals surface area contributed by atoms with Crippen LogP contribution in [0.25, 0.3) is 0 Å². The molecule has 0 aromatic heterocycles. The summed E-state index contributed by atoms with van der Waals surface area (Å²) in [4.78, 5) is 32.0. The Balaban J connectivity index is 2.38. The van der Waals surface area contributed by atoms with Gasteiger partial charge in [0.1, 0.15) is 11.3 Å². The molecule has 23 heavy (non-hydrogen) atoms. The Bertz CT molecular complexity index is 824. The maximum atomic E-state index is 12.1. The van der Waals surface area contributed by atoms with Crippen LogP contribution in [0.2, 0.25) is 10.0 Å². The highest BCUT2D eigenvalue weighted by Crippen LogP contribution is 2.30. The third-order valence-corrected chi connectivity index (χ3v) is 3.24. The second-order valence-electron chi connectivity index (χ2n) is 4.18. The lowest BCUT2D eigenvalue weighted by atomic mass is 10.1. The standard InChI is InChI=1S/C13H6Cl2N2O6/c14-7-1-4-12(10(15)5-7)23-13(18)9-3-2-8(16(19)20)6-11(9)17(21)22/h1-6H. The van der Waals surface area contributed by atoms with Crippen LogP contribution in [-0.4, -0.2) is 15.8 Å². The van der Waals surface area contributed by atoms with Crippen molar-refractivity contribution in [1.29, 1.82) is 0 Å². The van der Waals surface area contributed by atoms with Crippen LogP contribution >= 0.6 is 23.2 Å². The molecule has 0 N–H and O–H groups in total. The van der Waals surface area contributed by atoms with Crippen molar-refractivity contribution < 1.29 is 19.4 Å². The van der Waals surface area contributed by atoms with E-state index in [1.54, 1.807) is 0 Å². The Labute approximate surface area is 138 Å². The zero-order chi connectivity index (χ0) is 17.1. The number of hydrogen-bond acceptors (Lipinski definition) is 6. The number of non-ortho nitro benzene ring substituents is 1. The van der Waals surface area contributed by atoms with Gasteiger partial charge in [0.15, 0.2) is 0 Å². The molecule has 0 aliphatic rings. The molecule has 2 rings (SSSR count). The van der Waals surface area contributed by atoms with Crippen LogP contribution < -0.4 is 4.74 Å². The Morgan fingerprint density at radius 3 is 2.26 bits per heavy atom. The van der Waals surface area contributed by atoms with Crippen LogP contribution in [0.5, 0.6) is 5.75 Å². The van der Waals surface area contributed by atoms with E-state index in [1.165, 1.54) is 18.2 Å². The van der Waals surface area contributed by atoms with Gasteiger partial charge in [0.25, 0.3) is 11.4 Å². The van der Waals surface area contributed by atoms with E-state index in [9.17, 15) is 25.0 Å². The minimum atomic E-state index is -1.07. The lowest BCUT2D eigenvalue weighted by Gasteiger charge is -2.07. The molecule has 0 spiro atoms. The van der Waals surface area contributed by atoms with Crippen LogP contribution in [0.1, 0.15) is 10.4 Å². The second kappa shape index (κ2) is 6.59. The SMILES string of the molecule is O=C(Oc1ccc(Cl)cc1Cl)c1ccc([N+](=O)[O-])cc1[N+](=O)[O-]. The summed E-state index contributed by atoms with van der Waals surface area (Å²) in [7, 11) is 0. The molecule has 0 fully saturated rings. The number of rotatable bonds is 4. The van der Waals surface area contributed by atoms with Gasteiger partial charge in [-0.25, -0.2) is 4.79 Å². The quantitative estimate of drug-likeness (QED) is 0.353. The number of benzene rings is 2. The number of halogens is 2. The van der Waals surface area contributed by atoms with Gasteiger partial charge in [-0.05, 0) is 24.3 Å². The van der Waals surface area contributed by atoms with Gasteiger partial charge in [-0.3, -0.25) is 20.2 Å². The number of nitro groups is 2.